The summed E-state index contributed by atoms with van der Waals surface area (Å²) in [7, 11) is -4.67. The summed E-state index contributed by atoms with van der Waals surface area (Å²) >= 11 is 0. The first-order chi connectivity index (χ1) is 25.6. The van der Waals surface area contributed by atoms with E-state index in [1.54, 1.807) is 0 Å². The first kappa shape index (κ1) is 46.1. The average molecular weight is 793 g/mol. The Kier molecular flexibility index (Phi) is 15.2. The van der Waals surface area contributed by atoms with Crippen LogP contribution in [-0.4, -0.2) is 73.4 Å². The third-order valence-corrected chi connectivity index (χ3v) is 16.9. The molecule has 10 nitrogen and oxygen atoms in total. The van der Waals surface area contributed by atoms with Gasteiger partial charge >= 0.3 is 22.5 Å². The van der Waals surface area contributed by atoms with Gasteiger partial charge in [0.1, 0.15) is 6.10 Å². The van der Waals surface area contributed by atoms with E-state index < -0.39 is 10.4 Å². The molecule has 3 N–H and O–H groups in total. The number of likely N-dealkylation sites (tertiary alicyclic amines) is 1. The van der Waals surface area contributed by atoms with Gasteiger partial charge < -0.3 is 15.0 Å². The predicted octanol–water partition coefficient (Wildman–Crippen LogP) is 8.83. The molecule has 0 spiro atoms. The Morgan fingerprint density at radius 2 is 1.53 bits per heavy atom. The van der Waals surface area contributed by atoms with E-state index in [9.17, 15) is 4.79 Å². The van der Waals surface area contributed by atoms with E-state index in [0.29, 0.717) is 45.8 Å². The number of hydrogen-bond donors (Lipinski definition) is 3. The number of carbonyl (C=O) groups is 1. The lowest BCUT2D eigenvalue weighted by atomic mass is 9.32. The summed E-state index contributed by atoms with van der Waals surface area (Å²) in [5.74, 6) is 4.08. The summed E-state index contributed by atoms with van der Waals surface area (Å²) in [6, 6.07) is 0. The first-order valence-corrected chi connectivity index (χ1v) is 23.0. The highest BCUT2D eigenvalue weighted by molar-refractivity contribution is 7.79. The molecule has 6 aliphatic rings. The maximum Gasteiger partial charge on any atom is 0.394 e. The van der Waals surface area contributed by atoms with Crippen LogP contribution in [0.4, 0.5) is 0 Å². The quantitative estimate of drug-likeness (QED) is 0.0802. The van der Waals surface area contributed by atoms with Gasteiger partial charge in [0, 0.05) is 11.8 Å². The van der Waals surface area contributed by atoms with E-state index in [4.69, 9.17) is 31.8 Å². The highest BCUT2D eigenvalue weighted by Gasteiger charge is 2.71. The zero-order valence-electron chi connectivity index (χ0n) is 35.6. The maximum atomic E-state index is 12.8. The fourth-order valence-corrected chi connectivity index (χ4v) is 14.3. The number of hydrogen-bond acceptors (Lipinski definition) is 8. The van der Waals surface area contributed by atoms with Gasteiger partial charge in [-0.15, -0.1) is 0 Å². The molecule has 0 radical (unpaired) electrons. The van der Waals surface area contributed by atoms with Crippen molar-refractivity contribution in [3.05, 3.63) is 12.2 Å². The number of allylic oxidation sites excluding steroid dienone is 1. The summed E-state index contributed by atoms with van der Waals surface area (Å²) < 4.78 is 37.9. The minimum absolute atomic E-state index is 0.0157. The van der Waals surface area contributed by atoms with Crippen LogP contribution in [-0.2, 0) is 29.5 Å². The second-order valence-electron chi connectivity index (χ2n) is 20.4. The second kappa shape index (κ2) is 18.1. The van der Waals surface area contributed by atoms with Gasteiger partial charge in [-0.3, -0.25) is 13.9 Å². The molecule has 5 saturated carbocycles. The minimum atomic E-state index is -4.67. The van der Waals surface area contributed by atoms with Gasteiger partial charge in [-0.2, -0.15) is 18.0 Å². The molecule has 0 unspecified atom stereocenters. The van der Waals surface area contributed by atoms with Crippen LogP contribution in [0.2, 0.25) is 0 Å². The van der Waals surface area contributed by atoms with Crippen LogP contribution in [0.3, 0.4) is 0 Å². The first-order valence-electron chi connectivity index (χ1n) is 21.6. The van der Waals surface area contributed by atoms with E-state index in [1.165, 1.54) is 122 Å². The number of esters is 1. The van der Waals surface area contributed by atoms with Crippen molar-refractivity contribution in [1.82, 2.24) is 10.2 Å². The Morgan fingerprint density at radius 1 is 0.891 bits per heavy atom. The van der Waals surface area contributed by atoms with Crippen molar-refractivity contribution >= 4 is 22.5 Å². The molecule has 0 aromatic carbocycles. The molecular formula is C44H76N2O8S. The predicted molar refractivity (Wildman–Crippen MR) is 215 cm³/mol. The minimum Gasteiger partial charge on any atom is -0.462 e. The zero-order valence-corrected chi connectivity index (χ0v) is 36.4. The molecule has 0 amide bonds. The molecule has 0 bridgehead atoms. The van der Waals surface area contributed by atoms with Gasteiger partial charge in [0.05, 0.1) is 0 Å². The monoisotopic (exact) mass is 793 g/mol. The van der Waals surface area contributed by atoms with Crippen LogP contribution in [0.25, 0.3) is 0 Å². The molecule has 316 valence electrons. The van der Waals surface area contributed by atoms with Crippen molar-refractivity contribution < 1.29 is 36.6 Å². The molecule has 6 rings (SSSR count). The van der Waals surface area contributed by atoms with Gasteiger partial charge in [0.2, 0.25) is 0 Å². The molecule has 0 aromatic rings. The lowest BCUT2D eigenvalue weighted by molar-refractivity contribution is -0.250. The summed E-state index contributed by atoms with van der Waals surface area (Å²) in [5, 5.41) is 3.93. The van der Waals surface area contributed by atoms with Crippen LogP contribution >= 0.6 is 0 Å². The van der Waals surface area contributed by atoms with Crippen molar-refractivity contribution in [3.63, 3.8) is 0 Å². The molecule has 1 heterocycles. The Labute approximate surface area is 333 Å². The van der Waals surface area contributed by atoms with E-state index in [1.807, 2.05) is 0 Å². The fraction of sp³-hybridized carbons (Fsp3) is 0.909. The molecule has 0 aromatic heterocycles. The van der Waals surface area contributed by atoms with Gasteiger partial charge in [0.25, 0.3) is 0 Å². The summed E-state index contributed by atoms with van der Waals surface area (Å²) in [6.45, 7) is 30.7. The smallest absolute Gasteiger partial charge is 0.394 e. The van der Waals surface area contributed by atoms with Crippen molar-refractivity contribution in [3.8, 4) is 0 Å². The lowest BCUT2D eigenvalue weighted by Crippen LogP contribution is -2.66. The van der Waals surface area contributed by atoms with Crippen molar-refractivity contribution in [2.24, 2.45) is 62.6 Å². The number of nitrogens with zero attached hydrogens (tertiary/aromatic N) is 1. The van der Waals surface area contributed by atoms with Crippen molar-refractivity contribution in [1.29, 1.82) is 0 Å². The largest absolute Gasteiger partial charge is 0.462 e. The number of fused-ring (bicyclic) bond motifs is 7. The number of rotatable bonds is 11. The van der Waals surface area contributed by atoms with Gasteiger partial charge in [-0.1, -0.05) is 60.6 Å². The Hall–Kier alpha value is -1.62. The van der Waals surface area contributed by atoms with Gasteiger partial charge in [0.15, 0.2) is 0 Å². The molecule has 55 heavy (non-hydrogen) atoms. The standard InChI is InChI=1S/C43H74N2O2.CO2.H2O4S/c1-30(2)29-37(46)47-36-17-18-40(7)34(39(36,5)6)16-19-42(9)35(40)14-13-33-38-32(31(3)4)15-20-43(38,22-21-41(33,42)8)23-25-44-24-12-28-45-26-10-11-27-45;2-1-3;1-5(2,3)4/h30,32-36,38,44H,3,10-29H2,1-2,4-9H3;;(H2,1,2,3,4)/t32-,33+,34-,35+,36-,38+,40-,41+,42+,43+;;/m0../s1. The third kappa shape index (κ3) is 9.82. The van der Waals surface area contributed by atoms with Crippen molar-refractivity contribution in [2.45, 2.75) is 158 Å². The summed E-state index contributed by atoms with van der Waals surface area (Å²) in [5.41, 5.74) is 3.08. The second-order valence-corrected chi connectivity index (χ2v) is 21.3. The zero-order chi connectivity index (χ0) is 41.0. The average Bonchev–Trinajstić information content (AvgIpc) is 3.72. The summed E-state index contributed by atoms with van der Waals surface area (Å²) in [4.78, 5) is 31.8. The Morgan fingerprint density at radius 3 is 2.13 bits per heavy atom. The third-order valence-electron chi connectivity index (χ3n) is 16.9. The van der Waals surface area contributed by atoms with Crippen LogP contribution in [0.5, 0.6) is 0 Å². The summed E-state index contributed by atoms with van der Waals surface area (Å²) in [6.07, 6.45) is 19.6. The normalized spacial score (nSPS) is 39.1. The Balaban J connectivity index is 0.000000768. The van der Waals surface area contributed by atoms with Gasteiger partial charge in [-0.05, 0) is 187 Å². The highest BCUT2D eigenvalue weighted by Crippen LogP contribution is 2.78. The van der Waals surface area contributed by atoms with E-state index >= 15 is 0 Å². The highest BCUT2D eigenvalue weighted by atomic mass is 32.3. The number of ether oxygens (including phenoxy) is 1. The SMILES string of the molecule is C=C(C)[C@@H]1CC[C@]2(CCNCCCN3CCCC3)CC[C@]3(C)[C@H](CC[C@@H]4[C@@]5(C)CC[C@H](OC(=O)CC(C)C)C(C)(C)[C@@H]5CC[C@]43C)[C@@H]12.O=C=O.O=S(=O)(O)O. The Bertz CT molecular complexity index is 1460. The molecule has 10 atom stereocenters. The topological polar surface area (TPSA) is 150 Å². The molecule has 11 heteroatoms. The molecule has 1 aliphatic heterocycles. The van der Waals surface area contributed by atoms with Gasteiger partial charge in [-0.25, -0.2) is 0 Å². The molecular weight excluding hydrogens is 717 g/mol. The number of carbonyl (C=O) groups excluding carboxylic acids is 3. The van der Waals surface area contributed by atoms with Crippen molar-refractivity contribution in [2.75, 3.05) is 32.7 Å². The van der Waals surface area contributed by atoms with Crippen LogP contribution < -0.4 is 5.32 Å². The van der Waals surface area contributed by atoms with E-state index in [-0.39, 0.29) is 23.6 Å². The number of nitrogens with one attached hydrogen (secondary N) is 1. The molecule has 5 aliphatic carbocycles. The molecule has 1 saturated heterocycles. The lowest BCUT2D eigenvalue weighted by Gasteiger charge is -2.73. The van der Waals surface area contributed by atoms with Crippen LogP contribution in [0.15, 0.2) is 12.2 Å². The fourth-order valence-electron chi connectivity index (χ4n) is 14.3. The van der Waals surface area contributed by atoms with E-state index in [0.717, 1.165) is 24.2 Å². The van der Waals surface area contributed by atoms with Crippen LogP contribution in [0.1, 0.15) is 152 Å². The molecule has 6 fully saturated rings. The van der Waals surface area contributed by atoms with E-state index in [2.05, 4.69) is 72.2 Å². The van der Waals surface area contributed by atoms with Crippen LogP contribution in [0, 0.1) is 62.6 Å². The maximum absolute atomic E-state index is 12.8.